The summed E-state index contributed by atoms with van der Waals surface area (Å²) in [6.45, 7) is 7.87. The van der Waals surface area contributed by atoms with Gasteiger partial charge in [-0.3, -0.25) is 0 Å². The van der Waals surface area contributed by atoms with Gasteiger partial charge in [-0.05, 0) is 39.3 Å². The number of aryl methyl sites for hydroxylation is 2. The molecule has 1 heterocycles. The van der Waals surface area contributed by atoms with E-state index in [9.17, 15) is 5.26 Å². The van der Waals surface area contributed by atoms with Crippen LogP contribution in [0.25, 0.3) is 0 Å². The Morgan fingerprint density at radius 2 is 2.05 bits per heavy atom. The number of aromatic nitrogens is 2. The Hall–Kier alpha value is -2.48. The van der Waals surface area contributed by atoms with Gasteiger partial charge in [0, 0.05) is 6.04 Å². The summed E-state index contributed by atoms with van der Waals surface area (Å²) in [6.07, 6.45) is 0. The zero-order valence-corrected chi connectivity index (χ0v) is 12.2. The number of anilines is 3. The van der Waals surface area contributed by atoms with Crippen LogP contribution in [0.4, 0.5) is 17.2 Å². The molecular weight excluding hydrogens is 250 g/mol. The van der Waals surface area contributed by atoms with E-state index in [1.807, 2.05) is 50.6 Å². The Labute approximate surface area is 119 Å². The van der Waals surface area contributed by atoms with Crippen LogP contribution in [0.1, 0.15) is 36.7 Å². The lowest BCUT2D eigenvalue weighted by atomic mass is 10.1. The molecule has 0 radical (unpaired) electrons. The van der Waals surface area contributed by atoms with E-state index in [2.05, 4.69) is 16.5 Å². The first kappa shape index (κ1) is 13.9. The first-order valence-corrected chi connectivity index (χ1v) is 6.57. The minimum absolute atomic E-state index is 0.184. The van der Waals surface area contributed by atoms with Gasteiger partial charge >= 0.3 is 0 Å². The van der Waals surface area contributed by atoms with Gasteiger partial charge in [-0.1, -0.05) is 12.1 Å². The van der Waals surface area contributed by atoms with Crippen molar-refractivity contribution in [3.8, 4) is 6.07 Å². The summed E-state index contributed by atoms with van der Waals surface area (Å²) in [5.74, 6) is 0.736. The van der Waals surface area contributed by atoms with Crippen molar-refractivity contribution in [3.05, 3.63) is 35.0 Å². The molecule has 0 atom stereocenters. The molecule has 20 heavy (non-hydrogen) atoms. The zero-order valence-electron chi connectivity index (χ0n) is 12.2. The van der Waals surface area contributed by atoms with Crippen LogP contribution in [-0.2, 0) is 0 Å². The van der Waals surface area contributed by atoms with Crippen LogP contribution in [0, 0.1) is 25.2 Å². The fraction of sp³-hybridized carbons (Fsp3) is 0.333. The molecule has 0 spiro atoms. The van der Waals surface area contributed by atoms with E-state index in [0.29, 0.717) is 11.3 Å². The van der Waals surface area contributed by atoms with Crippen LogP contribution in [-0.4, -0.2) is 9.78 Å². The molecule has 0 fully saturated rings. The Kier molecular flexibility index (Phi) is 3.66. The Bertz CT molecular complexity index is 676. The number of benzene rings is 1. The molecule has 2 aromatic rings. The van der Waals surface area contributed by atoms with Gasteiger partial charge in [0.15, 0.2) is 5.82 Å². The molecule has 5 nitrogen and oxygen atoms in total. The minimum atomic E-state index is 0.184. The van der Waals surface area contributed by atoms with Gasteiger partial charge < -0.3 is 11.1 Å². The van der Waals surface area contributed by atoms with Crippen LogP contribution in [0.2, 0.25) is 0 Å². The van der Waals surface area contributed by atoms with Crippen molar-refractivity contribution >= 4 is 17.2 Å². The largest absolute Gasteiger partial charge is 0.394 e. The summed E-state index contributed by atoms with van der Waals surface area (Å²) >= 11 is 0. The third-order valence-corrected chi connectivity index (χ3v) is 3.26. The van der Waals surface area contributed by atoms with Gasteiger partial charge in [0.2, 0.25) is 0 Å². The lowest BCUT2D eigenvalue weighted by Gasteiger charge is -2.15. The first-order chi connectivity index (χ1) is 9.45. The second-order valence-corrected chi connectivity index (χ2v) is 5.12. The summed E-state index contributed by atoms with van der Waals surface area (Å²) in [4.78, 5) is 0. The Balaban J connectivity index is 2.51. The van der Waals surface area contributed by atoms with E-state index in [4.69, 9.17) is 5.73 Å². The van der Waals surface area contributed by atoms with Gasteiger partial charge in [-0.15, -0.1) is 0 Å². The van der Waals surface area contributed by atoms with Crippen LogP contribution in [0.15, 0.2) is 18.2 Å². The molecule has 0 aliphatic carbocycles. The van der Waals surface area contributed by atoms with Crippen LogP contribution in [0.3, 0.4) is 0 Å². The molecule has 1 aromatic heterocycles. The fourth-order valence-electron chi connectivity index (χ4n) is 2.11. The van der Waals surface area contributed by atoms with Gasteiger partial charge in [0.1, 0.15) is 6.07 Å². The summed E-state index contributed by atoms with van der Waals surface area (Å²) < 4.78 is 1.84. The molecule has 0 bridgehead atoms. The van der Waals surface area contributed by atoms with Crippen LogP contribution < -0.4 is 11.1 Å². The van der Waals surface area contributed by atoms with Crippen molar-refractivity contribution in [3.63, 3.8) is 0 Å². The van der Waals surface area contributed by atoms with Gasteiger partial charge in [-0.2, -0.15) is 10.4 Å². The number of nitriles is 1. The minimum Gasteiger partial charge on any atom is -0.394 e. The maximum absolute atomic E-state index is 9.29. The van der Waals surface area contributed by atoms with Crippen molar-refractivity contribution in [2.24, 2.45) is 0 Å². The normalized spacial score (nSPS) is 10.6. The highest BCUT2D eigenvalue weighted by Gasteiger charge is 2.16. The fourth-order valence-corrected chi connectivity index (χ4v) is 2.11. The SMILES string of the molecule is Cc1cccc(Nc2c(N)c(C)nn2C(C)C)c1C#N. The van der Waals surface area contributed by atoms with E-state index in [0.717, 1.165) is 22.8 Å². The average molecular weight is 269 g/mol. The highest BCUT2D eigenvalue weighted by atomic mass is 15.4. The highest BCUT2D eigenvalue weighted by molar-refractivity contribution is 5.74. The maximum atomic E-state index is 9.29. The molecule has 0 saturated carbocycles. The van der Waals surface area contributed by atoms with Gasteiger partial charge in [-0.25, -0.2) is 4.68 Å². The first-order valence-electron chi connectivity index (χ1n) is 6.57. The number of rotatable bonds is 3. The van der Waals surface area contributed by atoms with E-state index >= 15 is 0 Å². The Morgan fingerprint density at radius 3 is 2.65 bits per heavy atom. The maximum Gasteiger partial charge on any atom is 0.152 e. The molecule has 0 saturated heterocycles. The molecule has 1 aromatic carbocycles. The van der Waals surface area contributed by atoms with E-state index in [1.165, 1.54) is 0 Å². The molecule has 0 unspecified atom stereocenters. The molecular formula is C15H19N5. The number of nitrogen functional groups attached to an aromatic ring is 1. The standard InChI is InChI=1S/C15H19N5/c1-9(2)20-15(14(17)11(4)19-20)18-13-7-5-6-10(3)12(13)8-16/h5-7,9,18H,17H2,1-4H3. The molecule has 3 N–H and O–H groups in total. The van der Waals surface area contributed by atoms with E-state index in [-0.39, 0.29) is 6.04 Å². The summed E-state index contributed by atoms with van der Waals surface area (Å²) in [5.41, 5.74) is 9.80. The number of hydrogen-bond donors (Lipinski definition) is 2. The van der Waals surface area contributed by atoms with Crippen molar-refractivity contribution in [2.45, 2.75) is 33.7 Å². The van der Waals surface area contributed by atoms with Gasteiger partial charge in [0.05, 0.1) is 22.6 Å². The van der Waals surface area contributed by atoms with Crippen LogP contribution in [0.5, 0.6) is 0 Å². The second-order valence-electron chi connectivity index (χ2n) is 5.12. The third kappa shape index (κ3) is 2.32. The predicted octanol–water partition coefficient (Wildman–Crippen LogP) is 3.28. The van der Waals surface area contributed by atoms with E-state index in [1.54, 1.807) is 0 Å². The van der Waals surface area contributed by atoms with E-state index < -0.39 is 0 Å². The van der Waals surface area contributed by atoms with Gasteiger partial charge in [0.25, 0.3) is 0 Å². The second kappa shape index (κ2) is 5.25. The average Bonchev–Trinajstić information content (AvgIpc) is 2.67. The van der Waals surface area contributed by atoms with Crippen molar-refractivity contribution in [1.29, 1.82) is 5.26 Å². The highest BCUT2D eigenvalue weighted by Crippen LogP contribution is 2.30. The summed E-state index contributed by atoms with van der Waals surface area (Å²) in [7, 11) is 0. The molecule has 2 rings (SSSR count). The smallest absolute Gasteiger partial charge is 0.152 e. The zero-order chi connectivity index (χ0) is 14.9. The molecule has 0 amide bonds. The Morgan fingerprint density at radius 1 is 1.35 bits per heavy atom. The molecule has 0 aliphatic heterocycles. The number of nitrogens with one attached hydrogen (secondary N) is 1. The number of hydrogen-bond acceptors (Lipinski definition) is 4. The van der Waals surface area contributed by atoms with Crippen molar-refractivity contribution in [1.82, 2.24) is 9.78 Å². The number of nitrogens with two attached hydrogens (primary N) is 1. The summed E-state index contributed by atoms with van der Waals surface area (Å²) in [5, 5.41) is 17.0. The third-order valence-electron chi connectivity index (χ3n) is 3.26. The summed E-state index contributed by atoms with van der Waals surface area (Å²) in [6, 6.07) is 8.11. The molecule has 0 aliphatic rings. The topological polar surface area (TPSA) is 79.7 Å². The molecule has 5 heteroatoms. The number of nitrogens with zero attached hydrogens (tertiary/aromatic N) is 3. The lowest BCUT2D eigenvalue weighted by Crippen LogP contribution is -2.09. The quantitative estimate of drug-likeness (QED) is 0.896. The van der Waals surface area contributed by atoms with Crippen LogP contribution >= 0.6 is 0 Å². The lowest BCUT2D eigenvalue weighted by molar-refractivity contribution is 0.536. The predicted molar refractivity (Wildman–Crippen MR) is 80.9 cm³/mol. The van der Waals surface area contributed by atoms with Crippen molar-refractivity contribution < 1.29 is 0 Å². The monoisotopic (exact) mass is 269 g/mol. The molecule has 104 valence electrons. The van der Waals surface area contributed by atoms with Crippen molar-refractivity contribution in [2.75, 3.05) is 11.1 Å².